The Bertz CT molecular complexity index is 536. The Morgan fingerprint density at radius 2 is 2.28 bits per heavy atom. The maximum Gasteiger partial charge on any atom is 0.0594 e. The monoisotopic (exact) mass is 261 g/mol. The molecule has 3 heteroatoms. The van der Waals surface area contributed by atoms with Gasteiger partial charge in [-0.1, -0.05) is 18.2 Å². The van der Waals surface area contributed by atoms with E-state index in [0.717, 1.165) is 13.0 Å². The molecule has 96 valence electrons. The number of nitrogens with one attached hydrogen (secondary N) is 1. The SMILES string of the molecule is CNC(c1cccc2ccsc12)C1CCOC1C. The second-order valence-corrected chi connectivity index (χ2v) is 5.90. The Kier molecular flexibility index (Phi) is 3.37. The van der Waals surface area contributed by atoms with Crippen LogP contribution >= 0.6 is 11.3 Å². The largest absolute Gasteiger partial charge is 0.378 e. The third kappa shape index (κ3) is 1.96. The van der Waals surface area contributed by atoms with Gasteiger partial charge in [0.25, 0.3) is 0 Å². The lowest BCUT2D eigenvalue weighted by Gasteiger charge is -2.26. The van der Waals surface area contributed by atoms with Crippen molar-refractivity contribution in [1.82, 2.24) is 5.32 Å². The van der Waals surface area contributed by atoms with E-state index in [4.69, 9.17) is 4.74 Å². The summed E-state index contributed by atoms with van der Waals surface area (Å²) in [7, 11) is 2.06. The second kappa shape index (κ2) is 5.00. The molecular weight excluding hydrogens is 242 g/mol. The van der Waals surface area contributed by atoms with Crippen molar-refractivity contribution < 1.29 is 4.74 Å². The van der Waals surface area contributed by atoms with Gasteiger partial charge in [-0.15, -0.1) is 11.3 Å². The Labute approximate surface area is 112 Å². The highest BCUT2D eigenvalue weighted by molar-refractivity contribution is 7.17. The molecule has 1 saturated heterocycles. The lowest BCUT2D eigenvalue weighted by Crippen LogP contribution is -2.29. The van der Waals surface area contributed by atoms with Crippen LogP contribution in [0, 0.1) is 5.92 Å². The Hall–Kier alpha value is -0.900. The van der Waals surface area contributed by atoms with Gasteiger partial charge >= 0.3 is 0 Å². The maximum atomic E-state index is 5.73. The number of rotatable bonds is 3. The van der Waals surface area contributed by atoms with Crippen LogP contribution < -0.4 is 5.32 Å². The van der Waals surface area contributed by atoms with Crippen LogP contribution in [0.3, 0.4) is 0 Å². The minimum absolute atomic E-state index is 0.345. The first-order valence-electron chi connectivity index (χ1n) is 6.56. The first-order chi connectivity index (χ1) is 8.81. The van der Waals surface area contributed by atoms with E-state index < -0.39 is 0 Å². The molecule has 3 atom stereocenters. The van der Waals surface area contributed by atoms with Crippen molar-refractivity contribution in [2.45, 2.75) is 25.5 Å². The molecule has 0 bridgehead atoms. The minimum Gasteiger partial charge on any atom is -0.378 e. The van der Waals surface area contributed by atoms with E-state index in [1.807, 2.05) is 11.3 Å². The highest BCUT2D eigenvalue weighted by Crippen LogP contribution is 2.37. The smallest absolute Gasteiger partial charge is 0.0594 e. The van der Waals surface area contributed by atoms with Gasteiger partial charge < -0.3 is 10.1 Å². The van der Waals surface area contributed by atoms with Gasteiger partial charge in [-0.3, -0.25) is 0 Å². The standard InChI is InChI=1S/C15H19NOS/c1-10-12(6-8-17-10)14(16-2)13-5-3-4-11-7-9-18-15(11)13/h3-5,7,9-10,12,14,16H,6,8H2,1-2H3. The van der Waals surface area contributed by atoms with Gasteiger partial charge in [0.15, 0.2) is 0 Å². The Balaban J connectivity index is 2.03. The van der Waals surface area contributed by atoms with Crippen molar-refractivity contribution in [3.63, 3.8) is 0 Å². The summed E-state index contributed by atoms with van der Waals surface area (Å²) in [5.74, 6) is 0.572. The normalized spacial score (nSPS) is 25.7. The maximum absolute atomic E-state index is 5.73. The zero-order valence-electron chi connectivity index (χ0n) is 10.8. The first-order valence-corrected chi connectivity index (χ1v) is 7.44. The van der Waals surface area contributed by atoms with Crippen molar-refractivity contribution in [2.75, 3.05) is 13.7 Å². The van der Waals surface area contributed by atoms with Gasteiger partial charge in [0, 0.05) is 23.3 Å². The first kappa shape index (κ1) is 12.2. The van der Waals surface area contributed by atoms with Crippen LogP contribution in [-0.4, -0.2) is 19.8 Å². The number of thiophene rings is 1. The molecule has 0 aliphatic carbocycles. The summed E-state index contributed by atoms with van der Waals surface area (Å²) < 4.78 is 7.14. The number of benzene rings is 1. The van der Waals surface area contributed by atoms with E-state index in [0.29, 0.717) is 18.1 Å². The van der Waals surface area contributed by atoms with Gasteiger partial charge in [0.1, 0.15) is 0 Å². The average molecular weight is 261 g/mol. The van der Waals surface area contributed by atoms with Crippen LogP contribution in [-0.2, 0) is 4.74 Å². The fourth-order valence-electron chi connectivity index (χ4n) is 3.05. The van der Waals surface area contributed by atoms with Crippen molar-refractivity contribution in [1.29, 1.82) is 0 Å². The van der Waals surface area contributed by atoms with Crippen LogP contribution in [0.25, 0.3) is 10.1 Å². The van der Waals surface area contributed by atoms with Gasteiger partial charge in [-0.05, 0) is 42.8 Å². The second-order valence-electron chi connectivity index (χ2n) is 4.98. The third-order valence-electron chi connectivity index (χ3n) is 4.02. The summed E-state index contributed by atoms with van der Waals surface area (Å²) in [5.41, 5.74) is 1.42. The molecule has 1 N–H and O–H groups in total. The molecule has 2 aromatic rings. The molecule has 0 saturated carbocycles. The molecule has 1 aromatic carbocycles. The molecule has 2 heterocycles. The molecule has 0 amide bonds. The van der Waals surface area contributed by atoms with Crippen LogP contribution in [0.2, 0.25) is 0 Å². The molecule has 3 unspecified atom stereocenters. The number of hydrogen-bond acceptors (Lipinski definition) is 3. The Morgan fingerprint density at radius 1 is 1.39 bits per heavy atom. The molecule has 1 aliphatic heterocycles. The van der Waals surface area contributed by atoms with Crippen molar-refractivity contribution in [3.8, 4) is 0 Å². The molecule has 0 spiro atoms. The van der Waals surface area contributed by atoms with Gasteiger partial charge in [-0.2, -0.15) is 0 Å². The molecule has 1 aromatic heterocycles. The molecule has 2 nitrogen and oxygen atoms in total. The van der Waals surface area contributed by atoms with Crippen molar-refractivity contribution >= 4 is 21.4 Å². The molecule has 18 heavy (non-hydrogen) atoms. The summed E-state index contributed by atoms with van der Waals surface area (Å²) in [6.07, 6.45) is 1.49. The van der Waals surface area contributed by atoms with Gasteiger partial charge in [0.2, 0.25) is 0 Å². The topological polar surface area (TPSA) is 21.3 Å². The molecule has 0 radical (unpaired) electrons. The average Bonchev–Trinajstić information content (AvgIpc) is 3.00. The van der Waals surface area contributed by atoms with E-state index in [2.05, 4.69) is 48.9 Å². The van der Waals surface area contributed by atoms with Crippen LogP contribution in [0.4, 0.5) is 0 Å². The fourth-order valence-corrected chi connectivity index (χ4v) is 4.00. The van der Waals surface area contributed by atoms with Crippen molar-refractivity contribution in [3.05, 3.63) is 35.2 Å². The zero-order chi connectivity index (χ0) is 12.5. The summed E-state index contributed by atoms with van der Waals surface area (Å²) >= 11 is 1.84. The quantitative estimate of drug-likeness (QED) is 0.911. The highest BCUT2D eigenvalue weighted by Gasteiger charge is 2.32. The number of hydrogen-bond donors (Lipinski definition) is 1. The summed E-state index contributed by atoms with van der Waals surface area (Å²) in [6.45, 7) is 3.08. The molecule has 1 fully saturated rings. The van der Waals surface area contributed by atoms with E-state index in [1.165, 1.54) is 15.6 Å². The van der Waals surface area contributed by atoms with E-state index >= 15 is 0 Å². The third-order valence-corrected chi connectivity index (χ3v) is 5.00. The lowest BCUT2D eigenvalue weighted by molar-refractivity contribution is 0.0964. The minimum atomic E-state index is 0.345. The van der Waals surface area contributed by atoms with E-state index in [9.17, 15) is 0 Å². The molecule has 3 rings (SSSR count). The predicted octanol–water partition coefficient (Wildman–Crippen LogP) is 3.59. The summed E-state index contributed by atoms with van der Waals surface area (Å²) in [6, 6.07) is 9.20. The Morgan fingerprint density at radius 3 is 3.00 bits per heavy atom. The molecular formula is C15H19NOS. The fraction of sp³-hybridized carbons (Fsp3) is 0.467. The highest BCUT2D eigenvalue weighted by atomic mass is 32.1. The summed E-state index contributed by atoms with van der Waals surface area (Å²) in [4.78, 5) is 0. The number of ether oxygens (including phenoxy) is 1. The summed E-state index contributed by atoms with van der Waals surface area (Å²) in [5, 5.41) is 7.03. The predicted molar refractivity (Wildman–Crippen MR) is 77.1 cm³/mol. The van der Waals surface area contributed by atoms with Crippen LogP contribution in [0.1, 0.15) is 24.9 Å². The zero-order valence-corrected chi connectivity index (χ0v) is 11.7. The van der Waals surface area contributed by atoms with Crippen molar-refractivity contribution in [2.24, 2.45) is 5.92 Å². The van der Waals surface area contributed by atoms with Crippen LogP contribution in [0.15, 0.2) is 29.6 Å². The molecule has 1 aliphatic rings. The van der Waals surface area contributed by atoms with E-state index in [-0.39, 0.29) is 0 Å². The van der Waals surface area contributed by atoms with Gasteiger partial charge in [-0.25, -0.2) is 0 Å². The van der Waals surface area contributed by atoms with E-state index in [1.54, 1.807) is 0 Å². The lowest BCUT2D eigenvalue weighted by atomic mass is 9.88. The van der Waals surface area contributed by atoms with Gasteiger partial charge in [0.05, 0.1) is 6.10 Å². The number of fused-ring (bicyclic) bond motifs is 1. The van der Waals surface area contributed by atoms with Crippen LogP contribution in [0.5, 0.6) is 0 Å².